The maximum Gasteiger partial charge on any atom is 0.307 e. The van der Waals surface area contributed by atoms with E-state index in [4.69, 9.17) is 4.74 Å². The van der Waals surface area contributed by atoms with E-state index >= 15 is 0 Å². The molecule has 1 N–H and O–H groups in total. The third kappa shape index (κ3) is 7.60. The van der Waals surface area contributed by atoms with Gasteiger partial charge in [0.1, 0.15) is 0 Å². The molecule has 0 aliphatic carbocycles. The fourth-order valence-electron chi connectivity index (χ4n) is 3.38. The molecule has 0 spiro atoms. The summed E-state index contributed by atoms with van der Waals surface area (Å²) in [7, 11) is 0. The number of likely N-dealkylation sites (N-methyl/N-ethyl adjacent to an activating group) is 1. The molecule has 2 aromatic carbocycles. The third-order valence-electron chi connectivity index (χ3n) is 5.30. The molecule has 1 aliphatic heterocycles. The molecule has 0 saturated carbocycles. The number of thioether (sulfide) groups is 1. The van der Waals surface area contributed by atoms with Crippen LogP contribution in [0.2, 0.25) is 0 Å². The number of piperazine rings is 1. The molecular weight excluding hydrogens is 410 g/mol. The van der Waals surface area contributed by atoms with Gasteiger partial charge in [0.2, 0.25) is 0 Å². The molecule has 0 unspecified atom stereocenters. The summed E-state index contributed by atoms with van der Waals surface area (Å²) < 4.78 is 5.10. The van der Waals surface area contributed by atoms with Crippen LogP contribution < -0.4 is 10.2 Å². The molecule has 0 atom stereocenters. The fourth-order valence-corrected chi connectivity index (χ4v) is 4.21. The van der Waals surface area contributed by atoms with Gasteiger partial charge in [0.15, 0.2) is 6.61 Å². The largest absolute Gasteiger partial charge is 0.456 e. The number of hydrogen-bond donors (Lipinski definition) is 1. The molecule has 6 nitrogen and oxygen atoms in total. The summed E-state index contributed by atoms with van der Waals surface area (Å²) in [5.74, 6) is -0.0718. The number of rotatable bonds is 9. The van der Waals surface area contributed by atoms with Crippen LogP contribution in [-0.2, 0) is 14.3 Å². The van der Waals surface area contributed by atoms with Gasteiger partial charge in [-0.2, -0.15) is 0 Å². The van der Waals surface area contributed by atoms with Crippen molar-refractivity contribution >= 4 is 35.0 Å². The van der Waals surface area contributed by atoms with Crippen LogP contribution in [0, 0.1) is 6.92 Å². The van der Waals surface area contributed by atoms with E-state index in [1.54, 1.807) is 11.8 Å². The van der Waals surface area contributed by atoms with E-state index in [-0.39, 0.29) is 24.9 Å². The number of hydrogen-bond acceptors (Lipinski definition) is 6. The summed E-state index contributed by atoms with van der Waals surface area (Å²) in [6.45, 7) is 9.22. The number of carbonyl (C=O) groups excluding carboxylic acids is 2. The second-order valence-electron chi connectivity index (χ2n) is 7.59. The highest BCUT2D eigenvalue weighted by molar-refractivity contribution is 7.99. The van der Waals surface area contributed by atoms with Gasteiger partial charge < -0.3 is 19.9 Å². The van der Waals surface area contributed by atoms with Crippen molar-refractivity contribution in [2.45, 2.75) is 25.2 Å². The van der Waals surface area contributed by atoms with Crippen molar-refractivity contribution in [3.8, 4) is 0 Å². The van der Waals surface area contributed by atoms with E-state index in [0.29, 0.717) is 11.4 Å². The smallest absolute Gasteiger partial charge is 0.307 e. The van der Waals surface area contributed by atoms with Gasteiger partial charge in [-0.1, -0.05) is 24.6 Å². The first-order chi connectivity index (χ1) is 15.0. The zero-order valence-electron chi connectivity index (χ0n) is 18.3. The van der Waals surface area contributed by atoms with Crippen LogP contribution in [0.25, 0.3) is 0 Å². The lowest BCUT2D eigenvalue weighted by Gasteiger charge is -2.35. The predicted molar refractivity (Wildman–Crippen MR) is 127 cm³/mol. The standard InChI is InChI=1S/C24H31N3O3S/c1-3-26-13-15-27(16-14-26)21-8-6-20(7-9-21)25-23(28)18-30-24(29)12-17-31-22-10-4-19(2)5-11-22/h4-11H,3,12-18H2,1-2H3,(H,25,28). The van der Waals surface area contributed by atoms with E-state index in [1.807, 2.05) is 55.5 Å². The highest BCUT2D eigenvalue weighted by Crippen LogP contribution is 2.20. The summed E-state index contributed by atoms with van der Waals surface area (Å²) in [6, 6.07) is 16.0. The maximum absolute atomic E-state index is 12.1. The maximum atomic E-state index is 12.1. The normalized spacial score (nSPS) is 14.3. The predicted octanol–water partition coefficient (Wildman–Crippen LogP) is 3.80. The SMILES string of the molecule is CCN1CCN(c2ccc(NC(=O)COC(=O)CCSc3ccc(C)cc3)cc2)CC1. The summed E-state index contributed by atoms with van der Waals surface area (Å²) in [6.07, 6.45) is 0.270. The Kier molecular flexibility index (Phi) is 8.79. The Morgan fingerprint density at radius 3 is 2.32 bits per heavy atom. The van der Waals surface area contributed by atoms with Gasteiger partial charge in [0, 0.05) is 48.2 Å². The van der Waals surface area contributed by atoms with Crippen LogP contribution in [-0.4, -0.2) is 61.9 Å². The zero-order valence-corrected chi connectivity index (χ0v) is 19.1. The molecule has 31 heavy (non-hydrogen) atoms. The minimum absolute atomic E-state index is 0.269. The van der Waals surface area contributed by atoms with Gasteiger partial charge in [0.05, 0.1) is 6.42 Å². The number of nitrogens with one attached hydrogen (secondary N) is 1. The Bertz CT molecular complexity index is 847. The Hall–Kier alpha value is -2.51. The Labute approximate surface area is 188 Å². The highest BCUT2D eigenvalue weighted by atomic mass is 32.2. The molecule has 0 bridgehead atoms. The molecule has 1 aliphatic rings. The molecular formula is C24H31N3O3S. The van der Waals surface area contributed by atoms with Crippen molar-refractivity contribution in [1.82, 2.24) is 4.90 Å². The van der Waals surface area contributed by atoms with E-state index < -0.39 is 0 Å². The van der Waals surface area contributed by atoms with Crippen molar-refractivity contribution in [3.63, 3.8) is 0 Å². The number of nitrogens with zero attached hydrogens (tertiary/aromatic N) is 2. The topological polar surface area (TPSA) is 61.9 Å². The molecule has 7 heteroatoms. The van der Waals surface area contributed by atoms with Gasteiger partial charge in [-0.15, -0.1) is 11.8 Å². The third-order valence-corrected chi connectivity index (χ3v) is 6.31. The molecule has 1 fully saturated rings. The van der Waals surface area contributed by atoms with Crippen LogP contribution in [0.4, 0.5) is 11.4 Å². The number of amides is 1. The second-order valence-corrected chi connectivity index (χ2v) is 8.76. The lowest BCUT2D eigenvalue weighted by molar-refractivity contribution is -0.146. The summed E-state index contributed by atoms with van der Waals surface area (Å²) in [4.78, 5) is 29.9. The first-order valence-corrected chi connectivity index (χ1v) is 11.7. The Balaban J connectivity index is 1.34. The van der Waals surface area contributed by atoms with Gasteiger partial charge >= 0.3 is 5.97 Å². The number of carbonyl (C=O) groups is 2. The molecule has 0 aromatic heterocycles. The van der Waals surface area contributed by atoms with Crippen molar-refractivity contribution in [1.29, 1.82) is 0 Å². The lowest BCUT2D eigenvalue weighted by atomic mass is 10.2. The number of anilines is 2. The minimum Gasteiger partial charge on any atom is -0.456 e. The van der Waals surface area contributed by atoms with Crippen LogP contribution in [0.1, 0.15) is 18.9 Å². The molecule has 0 radical (unpaired) electrons. The summed E-state index contributed by atoms with van der Waals surface area (Å²) in [5.41, 5.74) is 3.07. The van der Waals surface area contributed by atoms with E-state index in [0.717, 1.165) is 43.3 Å². The van der Waals surface area contributed by atoms with Crippen molar-refractivity contribution in [3.05, 3.63) is 54.1 Å². The minimum atomic E-state index is -0.365. The first kappa shape index (κ1) is 23.2. The van der Waals surface area contributed by atoms with Crippen LogP contribution >= 0.6 is 11.8 Å². The molecule has 1 amide bonds. The first-order valence-electron chi connectivity index (χ1n) is 10.8. The Morgan fingerprint density at radius 2 is 1.68 bits per heavy atom. The lowest BCUT2D eigenvalue weighted by Crippen LogP contribution is -2.46. The second kappa shape index (κ2) is 11.8. The van der Waals surface area contributed by atoms with Crippen LogP contribution in [0.3, 0.4) is 0 Å². The van der Waals surface area contributed by atoms with Crippen LogP contribution in [0.15, 0.2) is 53.4 Å². The van der Waals surface area contributed by atoms with Crippen molar-refractivity contribution in [2.75, 3.05) is 55.3 Å². The van der Waals surface area contributed by atoms with Gasteiger partial charge in [-0.25, -0.2) is 0 Å². The van der Waals surface area contributed by atoms with E-state index in [1.165, 1.54) is 5.56 Å². The van der Waals surface area contributed by atoms with Crippen molar-refractivity contribution in [2.24, 2.45) is 0 Å². The Morgan fingerprint density at radius 1 is 1.00 bits per heavy atom. The highest BCUT2D eigenvalue weighted by Gasteiger charge is 2.16. The van der Waals surface area contributed by atoms with Gasteiger partial charge in [-0.3, -0.25) is 9.59 Å². The number of esters is 1. The average molecular weight is 442 g/mol. The molecule has 166 valence electrons. The number of benzene rings is 2. The van der Waals surface area contributed by atoms with Gasteiger partial charge in [-0.05, 0) is 49.9 Å². The molecule has 3 rings (SSSR count). The molecule has 1 saturated heterocycles. The summed E-state index contributed by atoms with van der Waals surface area (Å²) in [5, 5.41) is 2.78. The van der Waals surface area contributed by atoms with Gasteiger partial charge in [0.25, 0.3) is 5.91 Å². The molecule has 1 heterocycles. The molecule has 2 aromatic rings. The van der Waals surface area contributed by atoms with Crippen molar-refractivity contribution < 1.29 is 14.3 Å². The zero-order chi connectivity index (χ0) is 22.1. The quantitative estimate of drug-likeness (QED) is 0.472. The average Bonchev–Trinajstić information content (AvgIpc) is 2.80. The fraction of sp³-hybridized carbons (Fsp3) is 0.417. The monoisotopic (exact) mass is 441 g/mol. The van der Waals surface area contributed by atoms with Crippen LogP contribution in [0.5, 0.6) is 0 Å². The number of ether oxygens (including phenoxy) is 1. The van der Waals surface area contributed by atoms with E-state index in [2.05, 4.69) is 22.0 Å². The van der Waals surface area contributed by atoms with E-state index in [9.17, 15) is 9.59 Å². The number of aryl methyl sites for hydroxylation is 1. The summed E-state index contributed by atoms with van der Waals surface area (Å²) >= 11 is 1.60.